The Hall–Kier alpha value is -4.16. The van der Waals surface area contributed by atoms with Gasteiger partial charge in [-0.3, -0.25) is 19.2 Å². The minimum atomic E-state index is -1.10. The van der Waals surface area contributed by atoms with Gasteiger partial charge in [-0.15, -0.1) is 0 Å². The summed E-state index contributed by atoms with van der Waals surface area (Å²) in [6, 6.07) is 3.80. The van der Waals surface area contributed by atoms with Crippen LogP contribution in [0.1, 0.15) is 77.8 Å². The number of carbonyl (C=O) groups excluding carboxylic acids is 6. The van der Waals surface area contributed by atoms with Crippen molar-refractivity contribution in [2.75, 3.05) is 20.2 Å². The molecule has 0 aromatic heterocycles. The Morgan fingerprint density at radius 1 is 0.959 bits per heavy atom. The molecule has 0 radical (unpaired) electrons. The molecule has 0 spiro atoms. The van der Waals surface area contributed by atoms with E-state index in [1.807, 2.05) is 58.9 Å². The van der Waals surface area contributed by atoms with Crippen LogP contribution in [0.15, 0.2) is 24.3 Å². The third-order valence-corrected chi connectivity index (χ3v) is 10.6. The smallest absolute Gasteiger partial charge is 0.406 e. The van der Waals surface area contributed by atoms with E-state index in [1.165, 1.54) is 7.05 Å². The van der Waals surface area contributed by atoms with E-state index in [4.69, 9.17) is 10.5 Å². The molecule has 0 bridgehead atoms. The fourth-order valence-corrected chi connectivity index (χ4v) is 7.29. The van der Waals surface area contributed by atoms with Gasteiger partial charge in [0.15, 0.2) is 0 Å². The summed E-state index contributed by atoms with van der Waals surface area (Å²) >= 11 is 0. The number of fused-ring (bicyclic) bond motifs is 1. The van der Waals surface area contributed by atoms with Gasteiger partial charge in [-0.05, 0) is 65.9 Å². The summed E-state index contributed by atoms with van der Waals surface area (Å²) in [5.41, 5.74) is 7.07. The van der Waals surface area contributed by atoms with Gasteiger partial charge in [0.1, 0.15) is 18.7 Å². The van der Waals surface area contributed by atoms with Crippen LogP contribution in [-0.2, 0) is 36.8 Å². The van der Waals surface area contributed by atoms with Crippen molar-refractivity contribution in [3.8, 4) is 0 Å². The summed E-state index contributed by atoms with van der Waals surface area (Å²) in [4.78, 5) is 80.5. The maximum atomic E-state index is 14.7. The highest BCUT2D eigenvalue weighted by atomic mass is 16.5. The molecule has 1 heterocycles. The SMILES string of the molecule is CNC(=O)OCC(NC(=O)N[C@H](C(=O)N1CC[C@H](C(C)C)C1C(=O)NC(CC1CCC1)C(=O)C(N)=O)C1Cc2ccccc2C1)C(C)(C)C. The van der Waals surface area contributed by atoms with Gasteiger partial charge in [0.25, 0.3) is 5.91 Å². The summed E-state index contributed by atoms with van der Waals surface area (Å²) in [6.07, 6.45) is 4.23. The number of amides is 6. The second kappa shape index (κ2) is 16.0. The summed E-state index contributed by atoms with van der Waals surface area (Å²) in [5.74, 6) is -3.08. The van der Waals surface area contributed by atoms with Gasteiger partial charge in [-0.2, -0.15) is 0 Å². The first-order valence-corrected chi connectivity index (χ1v) is 17.5. The molecule has 13 heteroatoms. The van der Waals surface area contributed by atoms with Crippen LogP contribution < -0.4 is 27.0 Å². The van der Waals surface area contributed by atoms with E-state index in [9.17, 15) is 28.8 Å². The first-order valence-electron chi connectivity index (χ1n) is 17.5. The molecule has 3 unspecified atom stereocenters. The fourth-order valence-electron chi connectivity index (χ4n) is 7.29. The molecule has 49 heavy (non-hydrogen) atoms. The van der Waals surface area contributed by atoms with Crippen LogP contribution >= 0.6 is 0 Å². The van der Waals surface area contributed by atoms with Gasteiger partial charge in [0, 0.05) is 13.6 Å². The third kappa shape index (κ3) is 9.30. The summed E-state index contributed by atoms with van der Waals surface area (Å²) in [7, 11) is 1.45. The maximum Gasteiger partial charge on any atom is 0.406 e. The van der Waals surface area contributed by atoms with E-state index in [2.05, 4.69) is 21.3 Å². The van der Waals surface area contributed by atoms with Crippen LogP contribution in [-0.4, -0.2) is 84.9 Å². The van der Waals surface area contributed by atoms with Crippen molar-refractivity contribution < 1.29 is 33.5 Å². The van der Waals surface area contributed by atoms with E-state index >= 15 is 0 Å². The molecule has 2 aliphatic carbocycles. The van der Waals surface area contributed by atoms with Gasteiger partial charge in [-0.25, -0.2) is 9.59 Å². The average Bonchev–Trinajstić information content (AvgIpc) is 3.66. The highest BCUT2D eigenvalue weighted by Crippen LogP contribution is 2.35. The number of nitrogens with two attached hydrogens (primary N) is 1. The molecule has 2 fully saturated rings. The molecule has 270 valence electrons. The number of ketones is 1. The van der Waals surface area contributed by atoms with Crippen molar-refractivity contribution >= 4 is 35.6 Å². The Kier molecular flexibility index (Phi) is 12.3. The van der Waals surface area contributed by atoms with Crippen LogP contribution in [0.3, 0.4) is 0 Å². The molecule has 5 atom stereocenters. The molecular weight excluding hydrogens is 628 g/mol. The highest BCUT2D eigenvalue weighted by Gasteiger charge is 2.48. The lowest BCUT2D eigenvalue weighted by Gasteiger charge is -2.36. The lowest BCUT2D eigenvalue weighted by atomic mass is 9.80. The van der Waals surface area contributed by atoms with E-state index in [0.29, 0.717) is 32.2 Å². The predicted octanol–water partition coefficient (Wildman–Crippen LogP) is 2.44. The van der Waals surface area contributed by atoms with E-state index in [1.54, 1.807) is 4.90 Å². The summed E-state index contributed by atoms with van der Waals surface area (Å²) in [5, 5.41) is 11.1. The van der Waals surface area contributed by atoms with Crippen molar-refractivity contribution in [2.24, 2.45) is 34.8 Å². The predicted molar refractivity (Wildman–Crippen MR) is 183 cm³/mol. The van der Waals surface area contributed by atoms with Gasteiger partial charge in [0.2, 0.25) is 17.6 Å². The Morgan fingerprint density at radius 2 is 1.59 bits per heavy atom. The number of alkyl carbamates (subject to hydrolysis) is 1. The molecule has 6 N–H and O–H groups in total. The number of primary amides is 1. The largest absolute Gasteiger partial charge is 0.447 e. The molecule has 1 aromatic rings. The van der Waals surface area contributed by atoms with E-state index in [0.717, 1.165) is 30.4 Å². The maximum absolute atomic E-state index is 14.7. The lowest BCUT2D eigenvalue weighted by molar-refractivity contribution is -0.144. The zero-order valence-electron chi connectivity index (χ0n) is 29.7. The minimum absolute atomic E-state index is 0.0313. The Morgan fingerprint density at radius 3 is 2.10 bits per heavy atom. The van der Waals surface area contributed by atoms with Crippen LogP contribution in [0.4, 0.5) is 9.59 Å². The second-order valence-corrected chi connectivity index (χ2v) is 15.3. The van der Waals surface area contributed by atoms with Gasteiger partial charge < -0.3 is 36.6 Å². The van der Waals surface area contributed by atoms with Crippen molar-refractivity contribution in [2.45, 2.75) is 104 Å². The Balaban J connectivity index is 1.60. The van der Waals surface area contributed by atoms with E-state index < -0.39 is 59.3 Å². The van der Waals surface area contributed by atoms with Gasteiger partial charge >= 0.3 is 12.1 Å². The molecule has 1 saturated carbocycles. The number of Topliss-reactive ketones (excluding diaryl/α,β-unsaturated/α-hetero) is 1. The molecule has 4 rings (SSSR count). The molecule has 13 nitrogen and oxygen atoms in total. The lowest BCUT2D eigenvalue weighted by Crippen LogP contribution is -2.61. The second-order valence-electron chi connectivity index (χ2n) is 15.3. The average molecular weight is 683 g/mol. The van der Waals surface area contributed by atoms with Gasteiger partial charge in [-0.1, -0.05) is 78.1 Å². The number of ether oxygens (including phenoxy) is 1. The van der Waals surface area contributed by atoms with Gasteiger partial charge in [0.05, 0.1) is 12.1 Å². The standard InChI is InChI=1S/C36H54N6O7/c1-20(2)25-14-15-42(29(25)32(45)39-26(30(43)31(37)44)16-21-10-9-11-21)33(46)28(24-17-22-12-7-8-13-23(22)18-24)41-34(47)40-27(36(3,4)5)19-49-35(48)38-6/h7-8,12-13,20-21,24-29H,9-11,14-19H2,1-6H3,(H2,37,44)(H,38,48)(H,39,45)(H2,40,41,47)/t25-,26?,27?,28+,29?/m1/s1. The number of benzene rings is 1. The van der Waals surface area contributed by atoms with Crippen molar-refractivity contribution in [1.82, 2.24) is 26.2 Å². The zero-order chi connectivity index (χ0) is 36.0. The molecular formula is C36H54N6O7. The number of urea groups is 1. The number of likely N-dealkylation sites (tertiary alicyclic amines) is 1. The number of nitrogens with zero attached hydrogens (tertiary/aromatic N) is 1. The monoisotopic (exact) mass is 682 g/mol. The van der Waals surface area contributed by atoms with Crippen molar-refractivity contribution in [1.29, 1.82) is 0 Å². The molecule has 1 saturated heterocycles. The molecule has 1 aliphatic heterocycles. The first kappa shape index (κ1) is 37.7. The molecule has 6 amide bonds. The van der Waals surface area contributed by atoms with E-state index in [-0.39, 0.29) is 36.2 Å². The Bertz CT molecular complexity index is 1380. The summed E-state index contributed by atoms with van der Waals surface area (Å²) in [6.45, 7) is 9.90. The number of hydrogen-bond donors (Lipinski definition) is 5. The fraction of sp³-hybridized carbons (Fsp3) is 0.667. The quantitative estimate of drug-likeness (QED) is 0.198. The van der Waals surface area contributed by atoms with Crippen LogP contribution in [0.2, 0.25) is 0 Å². The van der Waals surface area contributed by atoms with Crippen molar-refractivity contribution in [3.05, 3.63) is 35.4 Å². The number of rotatable bonds is 13. The first-order chi connectivity index (χ1) is 23.1. The van der Waals surface area contributed by atoms with Crippen LogP contribution in [0.25, 0.3) is 0 Å². The molecule has 3 aliphatic rings. The highest BCUT2D eigenvalue weighted by molar-refractivity contribution is 6.37. The van der Waals surface area contributed by atoms with Crippen LogP contribution in [0, 0.1) is 29.1 Å². The summed E-state index contributed by atoms with van der Waals surface area (Å²) < 4.78 is 5.26. The number of nitrogens with one attached hydrogen (secondary N) is 4. The normalized spacial score (nSPS) is 21.2. The number of carbonyl (C=O) groups is 6. The van der Waals surface area contributed by atoms with Crippen molar-refractivity contribution in [3.63, 3.8) is 0 Å². The topological polar surface area (TPSA) is 189 Å². The third-order valence-electron chi connectivity index (χ3n) is 10.6. The number of hydrogen-bond acceptors (Lipinski definition) is 7. The van der Waals surface area contributed by atoms with Crippen LogP contribution in [0.5, 0.6) is 0 Å². The molecule has 1 aromatic carbocycles. The zero-order valence-corrected chi connectivity index (χ0v) is 29.7. The Labute approximate surface area is 289 Å². The minimum Gasteiger partial charge on any atom is -0.447 e.